The number of rotatable bonds is 6. The van der Waals surface area contributed by atoms with Gasteiger partial charge in [0.05, 0.1) is 0 Å². The minimum atomic E-state index is -0.933. The summed E-state index contributed by atoms with van der Waals surface area (Å²) in [7, 11) is 0. The molecule has 0 saturated carbocycles. The Hall–Kier alpha value is -2.21. The number of nitrogens with one attached hydrogen (secondary N) is 1. The Morgan fingerprint density at radius 1 is 1.21 bits per heavy atom. The maximum atomic E-state index is 13.5. The molecule has 0 aliphatic rings. The summed E-state index contributed by atoms with van der Waals surface area (Å²) >= 11 is 3.31. The highest BCUT2D eigenvalue weighted by atomic mass is 79.9. The van der Waals surface area contributed by atoms with Crippen molar-refractivity contribution >= 4 is 33.5 Å². The molecule has 24 heavy (non-hydrogen) atoms. The van der Waals surface area contributed by atoms with Crippen molar-refractivity contribution in [3.63, 3.8) is 0 Å². The topological polar surface area (TPSA) is 55.4 Å². The fourth-order valence-electron chi connectivity index (χ4n) is 2.06. The first-order chi connectivity index (χ1) is 11.5. The third-order valence-corrected chi connectivity index (χ3v) is 3.82. The van der Waals surface area contributed by atoms with Crippen molar-refractivity contribution in [2.24, 2.45) is 0 Å². The van der Waals surface area contributed by atoms with E-state index in [1.807, 2.05) is 6.07 Å². The summed E-state index contributed by atoms with van der Waals surface area (Å²) in [5.74, 6) is -1.33. The number of carbonyl (C=O) groups is 2. The number of hydrogen-bond donors (Lipinski definition) is 1. The van der Waals surface area contributed by atoms with Gasteiger partial charge < -0.3 is 10.1 Å². The Kier molecular flexibility index (Phi) is 6.49. The molecule has 2 rings (SSSR count). The monoisotopic (exact) mass is 393 g/mol. The standard InChI is InChI=1S/C18H17BrFNO3/c1-12(18(23)21-15-7-4-6-14(19)11-15)24-17(22)10-9-13-5-2-3-8-16(13)20/h2-8,11-12H,9-10H2,1H3,(H,21,23)/t12-/m1/s1. The molecule has 1 atom stereocenters. The zero-order chi connectivity index (χ0) is 17.5. The van der Waals surface area contributed by atoms with Crippen molar-refractivity contribution in [3.8, 4) is 0 Å². The molecule has 0 spiro atoms. The maximum Gasteiger partial charge on any atom is 0.306 e. The van der Waals surface area contributed by atoms with Gasteiger partial charge in [0.2, 0.25) is 0 Å². The molecule has 4 nitrogen and oxygen atoms in total. The molecule has 0 bridgehead atoms. The molecule has 0 heterocycles. The van der Waals surface area contributed by atoms with Crippen molar-refractivity contribution in [2.75, 3.05) is 5.32 Å². The molecule has 0 radical (unpaired) electrons. The summed E-state index contributed by atoms with van der Waals surface area (Å²) < 4.78 is 19.4. The molecule has 6 heteroatoms. The summed E-state index contributed by atoms with van der Waals surface area (Å²) in [5, 5.41) is 2.66. The van der Waals surface area contributed by atoms with E-state index in [0.29, 0.717) is 11.3 Å². The number of benzene rings is 2. The minimum Gasteiger partial charge on any atom is -0.453 e. The molecular weight excluding hydrogens is 377 g/mol. The van der Waals surface area contributed by atoms with Crippen LogP contribution in [0.3, 0.4) is 0 Å². The van der Waals surface area contributed by atoms with Crippen LogP contribution in [0.5, 0.6) is 0 Å². The van der Waals surface area contributed by atoms with Crippen molar-refractivity contribution in [3.05, 3.63) is 64.4 Å². The van der Waals surface area contributed by atoms with E-state index in [4.69, 9.17) is 4.74 Å². The molecule has 0 unspecified atom stereocenters. The zero-order valence-corrected chi connectivity index (χ0v) is 14.7. The predicted octanol–water partition coefficient (Wildman–Crippen LogP) is 4.09. The first kappa shape index (κ1) is 18.1. The maximum absolute atomic E-state index is 13.5. The van der Waals surface area contributed by atoms with Gasteiger partial charge >= 0.3 is 5.97 Å². The predicted molar refractivity (Wildman–Crippen MR) is 93.0 cm³/mol. The van der Waals surface area contributed by atoms with Crippen LogP contribution in [-0.2, 0) is 20.7 Å². The lowest BCUT2D eigenvalue weighted by Gasteiger charge is -2.13. The van der Waals surface area contributed by atoms with Crippen molar-refractivity contribution in [2.45, 2.75) is 25.9 Å². The summed E-state index contributed by atoms with van der Waals surface area (Å²) in [6, 6.07) is 13.3. The van der Waals surface area contributed by atoms with Gasteiger partial charge in [-0.2, -0.15) is 0 Å². The second kappa shape index (κ2) is 8.59. The van der Waals surface area contributed by atoms with Gasteiger partial charge in [0, 0.05) is 16.6 Å². The number of anilines is 1. The first-order valence-electron chi connectivity index (χ1n) is 7.45. The van der Waals surface area contributed by atoms with Crippen molar-refractivity contribution < 1.29 is 18.7 Å². The van der Waals surface area contributed by atoms with Gasteiger partial charge in [0.25, 0.3) is 5.91 Å². The smallest absolute Gasteiger partial charge is 0.306 e. The van der Waals surface area contributed by atoms with E-state index >= 15 is 0 Å². The van der Waals surface area contributed by atoms with Crippen LogP contribution in [0.15, 0.2) is 53.0 Å². The largest absolute Gasteiger partial charge is 0.453 e. The minimum absolute atomic E-state index is 0.00936. The summed E-state index contributed by atoms with van der Waals surface area (Å²) in [6.45, 7) is 1.49. The van der Waals surface area contributed by atoms with Crippen LogP contribution in [0.4, 0.5) is 10.1 Å². The molecule has 2 aromatic carbocycles. The van der Waals surface area contributed by atoms with Gasteiger partial charge in [0.15, 0.2) is 6.10 Å². The van der Waals surface area contributed by atoms with Crippen LogP contribution >= 0.6 is 15.9 Å². The van der Waals surface area contributed by atoms with Crippen molar-refractivity contribution in [1.82, 2.24) is 0 Å². The molecule has 126 valence electrons. The fourth-order valence-corrected chi connectivity index (χ4v) is 2.46. The van der Waals surface area contributed by atoms with E-state index in [-0.39, 0.29) is 18.7 Å². The van der Waals surface area contributed by atoms with Crippen LogP contribution in [-0.4, -0.2) is 18.0 Å². The highest BCUT2D eigenvalue weighted by Crippen LogP contribution is 2.16. The lowest BCUT2D eigenvalue weighted by Crippen LogP contribution is -2.30. The van der Waals surface area contributed by atoms with E-state index in [0.717, 1.165) is 4.47 Å². The van der Waals surface area contributed by atoms with Crippen LogP contribution in [0.25, 0.3) is 0 Å². The molecular formula is C18H17BrFNO3. The third kappa shape index (κ3) is 5.45. The Bertz CT molecular complexity index is 736. The number of amides is 1. The van der Waals surface area contributed by atoms with Crippen LogP contribution in [0, 0.1) is 5.82 Å². The fraction of sp³-hybridized carbons (Fsp3) is 0.222. The lowest BCUT2D eigenvalue weighted by molar-refractivity contribution is -0.153. The van der Waals surface area contributed by atoms with Crippen LogP contribution < -0.4 is 5.32 Å². The number of hydrogen-bond acceptors (Lipinski definition) is 3. The Morgan fingerprint density at radius 3 is 2.67 bits per heavy atom. The first-order valence-corrected chi connectivity index (χ1v) is 8.24. The summed E-state index contributed by atoms with van der Waals surface area (Å²) in [4.78, 5) is 23.8. The number of aryl methyl sites for hydroxylation is 1. The number of carbonyl (C=O) groups excluding carboxylic acids is 2. The number of halogens is 2. The van der Waals surface area contributed by atoms with E-state index in [9.17, 15) is 14.0 Å². The molecule has 2 aromatic rings. The Balaban J connectivity index is 1.82. The second-order valence-electron chi connectivity index (χ2n) is 5.22. The van der Waals surface area contributed by atoms with Gasteiger partial charge in [-0.1, -0.05) is 40.2 Å². The van der Waals surface area contributed by atoms with Gasteiger partial charge in [-0.05, 0) is 43.2 Å². The van der Waals surface area contributed by atoms with Gasteiger partial charge in [0.1, 0.15) is 5.82 Å². The molecule has 0 aromatic heterocycles. The molecule has 0 saturated heterocycles. The zero-order valence-electron chi connectivity index (χ0n) is 13.1. The van der Waals surface area contributed by atoms with Crippen LogP contribution in [0.1, 0.15) is 18.9 Å². The van der Waals surface area contributed by atoms with E-state index in [2.05, 4.69) is 21.2 Å². The quantitative estimate of drug-likeness (QED) is 0.751. The summed E-state index contributed by atoms with van der Waals surface area (Å²) in [6.07, 6.45) is -0.696. The normalized spacial score (nSPS) is 11.6. The third-order valence-electron chi connectivity index (χ3n) is 3.33. The second-order valence-corrected chi connectivity index (χ2v) is 6.14. The van der Waals surface area contributed by atoms with E-state index in [1.54, 1.807) is 36.4 Å². The Morgan fingerprint density at radius 2 is 1.96 bits per heavy atom. The van der Waals surface area contributed by atoms with Crippen molar-refractivity contribution in [1.29, 1.82) is 0 Å². The average Bonchev–Trinajstić information content (AvgIpc) is 2.54. The molecule has 0 aliphatic carbocycles. The Labute approximate surface area is 148 Å². The van der Waals surface area contributed by atoms with Crippen LogP contribution in [0.2, 0.25) is 0 Å². The highest BCUT2D eigenvalue weighted by Gasteiger charge is 2.18. The number of ether oxygens (including phenoxy) is 1. The van der Waals surface area contributed by atoms with Gasteiger partial charge in [-0.15, -0.1) is 0 Å². The average molecular weight is 394 g/mol. The highest BCUT2D eigenvalue weighted by molar-refractivity contribution is 9.10. The molecule has 0 fully saturated rings. The van der Waals surface area contributed by atoms with Gasteiger partial charge in [-0.3, -0.25) is 9.59 Å². The molecule has 1 amide bonds. The van der Waals surface area contributed by atoms with E-state index < -0.39 is 18.0 Å². The molecule has 1 N–H and O–H groups in total. The number of esters is 1. The van der Waals surface area contributed by atoms with Gasteiger partial charge in [-0.25, -0.2) is 4.39 Å². The summed E-state index contributed by atoms with van der Waals surface area (Å²) in [5.41, 5.74) is 1.05. The van der Waals surface area contributed by atoms with E-state index in [1.165, 1.54) is 13.0 Å². The molecule has 0 aliphatic heterocycles. The SMILES string of the molecule is C[C@@H](OC(=O)CCc1ccccc1F)C(=O)Nc1cccc(Br)c1. The lowest BCUT2D eigenvalue weighted by atomic mass is 10.1.